The normalized spacial score (nSPS) is 10.9. The average Bonchev–Trinajstić information content (AvgIpc) is 3.26. The summed E-state index contributed by atoms with van der Waals surface area (Å²) >= 11 is 1.46. The summed E-state index contributed by atoms with van der Waals surface area (Å²) in [6.45, 7) is 0. The number of rotatable bonds is 7. The van der Waals surface area contributed by atoms with Crippen LogP contribution in [0.3, 0.4) is 0 Å². The van der Waals surface area contributed by atoms with Crippen LogP contribution >= 0.6 is 11.3 Å². The van der Waals surface area contributed by atoms with E-state index in [2.05, 4.69) is 10.6 Å². The van der Waals surface area contributed by atoms with Crippen molar-refractivity contribution in [2.75, 3.05) is 19.5 Å². The summed E-state index contributed by atoms with van der Waals surface area (Å²) in [4.78, 5) is 26.4. The molecule has 0 unspecified atom stereocenters. The van der Waals surface area contributed by atoms with E-state index in [0.29, 0.717) is 22.7 Å². The van der Waals surface area contributed by atoms with Gasteiger partial charge in [0, 0.05) is 16.1 Å². The van der Waals surface area contributed by atoms with Gasteiger partial charge in [-0.25, -0.2) is 0 Å². The van der Waals surface area contributed by atoms with E-state index in [9.17, 15) is 9.59 Å². The minimum absolute atomic E-state index is 0.135. The van der Waals surface area contributed by atoms with E-state index in [1.807, 2.05) is 35.7 Å². The molecule has 0 saturated heterocycles. The van der Waals surface area contributed by atoms with Crippen molar-refractivity contribution in [2.45, 2.75) is 0 Å². The van der Waals surface area contributed by atoms with E-state index in [1.54, 1.807) is 36.4 Å². The zero-order valence-electron chi connectivity index (χ0n) is 16.0. The first-order valence-electron chi connectivity index (χ1n) is 8.75. The van der Waals surface area contributed by atoms with Crippen LogP contribution in [0.1, 0.15) is 15.2 Å². The molecule has 1 aromatic heterocycles. The molecule has 0 bridgehead atoms. The first kappa shape index (κ1) is 20.2. The van der Waals surface area contributed by atoms with Crippen LogP contribution in [0, 0.1) is 0 Å². The van der Waals surface area contributed by atoms with E-state index in [0.717, 1.165) is 4.88 Å². The lowest BCUT2D eigenvalue weighted by molar-refractivity contribution is -0.113. The standard InChI is InChI=1S/C22H20N2O4S/c1-27-19-11-10-15(13-20(19)28-2)21(25)24-18(14-17-9-6-12-29-17)22(26)23-16-7-4-3-5-8-16/h3-14H,1-2H3,(H,23,26)(H,24,25). The van der Waals surface area contributed by atoms with Crippen molar-refractivity contribution in [3.05, 3.63) is 82.2 Å². The molecular formula is C22H20N2O4S. The number of thiophene rings is 1. The van der Waals surface area contributed by atoms with Crippen LogP contribution in [-0.2, 0) is 4.79 Å². The number of carbonyl (C=O) groups excluding carboxylic acids is 2. The van der Waals surface area contributed by atoms with Crippen LogP contribution in [0.4, 0.5) is 5.69 Å². The Morgan fingerprint density at radius 1 is 0.931 bits per heavy atom. The molecule has 0 aliphatic rings. The number of benzene rings is 2. The molecule has 0 radical (unpaired) electrons. The second-order valence-corrected chi connectivity index (χ2v) is 6.90. The van der Waals surface area contributed by atoms with Crippen molar-refractivity contribution >= 4 is 34.9 Å². The Hall–Kier alpha value is -3.58. The summed E-state index contributed by atoms with van der Waals surface area (Å²) in [6, 6.07) is 17.6. The van der Waals surface area contributed by atoms with Crippen LogP contribution < -0.4 is 20.1 Å². The number of nitrogens with one attached hydrogen (secondary N) is 2. The molecule has 0 aliphatic heterocycles. The van der Waals surface area contributed by atoms with Crippen molar-refractivity contribution in [1.29, 1.82) is 0 Å². The number of amides is 2. The highest BCUT2D eigenvalue weighted by atomic mass is 32.1. The molecule has 3 aromatic rings. The summed E-state index contributed by atoms with van der Waals surface area (Å²) in [7, 11) is 3.02. The summed E-state index contributed by atoms with van der Waals surface area (Å²) in [5, 5.41) is 7.39. The predicted octanol–water partition coefficient (Wildman–Crippen LogP) is 4.17. The first-order valence-corrected chi connectivity index (χ1v) is 9.63. The quantitative estimate of drug-likeness (QED) is 0.575. The van der Waals surface area contributed by atoms with Gasteiger partial charge >= 0.3 is 0 Å². The van der Waals surface area contributed by atoms with Gasteiger partial charge in [0.1, 0.15) is 5.70 Å². The number of carbonyl (C=O) groups is 2. The molecule has 0 atom stereocenters. The Morgan fingerprint density at radius 3 is 2.34 bits per heavy atom. The fourth-order valence-electron chi connectivity index (χ4n) is 2.57. The lowest BCUT2D eigenvalue weighted by atomic mass is 10.1. The Morgan fingerprint density at radius 2 is 1.69 bits per heavy atom. The molecule has 148 valence electrons. The Bertz CT molecular complexity index is 1010. The summed E-state index contributed by atoms with van der Waals surface area (Å²) in [5.41, 5.74) is 1.11. The topological polar surface area (TPSA) is 76.7 Å². The van der Waals surface area contributed by atoms with Crippen molar-refractivity contribution in [2.24, 2.45) is 0 Å². The molecule has 0 fully saturated rings. The van der Waals surface area contributed by atoms with Gasteiger partial charge in [0.2, 0.25) is 0 Å². The third-order valence-electron chi connectivity index (χ3n) is 4.00. The van der Waals surface area contributed by atoms with Gasteiger partial charge in [0.15, 0.2) is 11.5 Å². The van der Waals surface area contributed by atoms with Crippen LogP contribution in [0.25, 0.3) is 6.08 Å². The molecule has 7 heteroatoms. The monoisotopic (exact) mass is 408 g/mol. The zero-order chi connectivity index (χ0) is 20.6. The molecular weight excluding hydrogens is 388 g/mol. The average molecular weight is 408 g/mol. The predicted molar refractivity (Wildman–Crippen MR) is 114 cm³/mol. The smallest absolute Gasteiger partial charge is 0.272 e. The maximum atomic E-state index is 12.8. The van der Waals surface area contributed by atoms with Crippen LogP contribution in [0.2, 0.25) is 0 Å². The minimum atomic E-state index is -0.433. The fraction of sp³-hybridized carbons (Fsp3) is 0.0909. The largest absolute Gasteiger partial charge is 0.493 e. The number of ether oxygens (including phenoxy) is 2. The van der Waals surface area contributed by atoms with Crippen molar-refractivity contribution in [3.8, 4) is 11.5 Å². The molecule has 2 N–H and O–H groups in total. The Kier molecular flexibility index (Phi) is 6.65. The number of hydrogen-bond donors (Lipinski definition) is 2. The SMILES string of the molecule is COc1ccc(C(=O)NC(=Cc2cccs2)C(=O)Nc2ccccc2)cc1OC. The zero-order valence-corrected chi connectivity index (χ0v) is 16.8. The Labute approximate surface area is 172 Å². The van der Waals surface area contributed by atoms with Crippen LogP contribution in [-0.4, -0.2) is 26.0 Å². The third kappa shape index (κ3) is 5.24. The second kappa shape index (κ2) is 9.57. The van der Waals surface area contributed by atoms with Crippen molar-refractivity contribution in [3.63, 3.8) is 0 Å². The van der Waals surface area contributed by atoms with E-state index < -0.39 is 11.8 Å². The maximum absolute atomic E-state index is 12.8. The molecule has 0 aliphatic carbocycles. The first-order chi connectivity index (χ1) is 14.1. The highest BCUT2D eigenvalue weighted by Crippen LogP contribution is 2.27. The van der Waals surface area contributed by atoms with Gasteiger partial charge in [-0.05, 0) is 47.9 Å². The van der Waals surface area contributed by atoms with E-state index >= 15 is 0 Å². The van der Waals surface area contributed by atoms with Crippen molar-refractivity contribution in [1.82, 2.24) is 5.32 Å². The fourth-order valence-corrected chi connectivity index (χ4v) is 3.22. The third-order valence-corrected chi connectivity index (χ3v) is 4.82. The lowest BCUT2D eigenvalue weighted by Crippen LogP contribution is -2.30. The number of para-hydroxylation sites is 1. The van der Waals surface area contributed by atoms with Gasteiger partial charge in [-0.15, -0.1) is 11.3 Å². The van der Waals surface area contributed by atoms with Gasteiger partial charge in [0.05, 0.1) is 14.2 Å². The lowest BCUT2D eigenvalue weighted by Gasteiger charge is -2.12. The summed E-state index contributed by atoms with van der Waals surface area (Å²) in [5.74, 6) is 0.0910. The van der Waals surface area contributed by atoms with E-state index in [-0.39, 0.29) is 5.70 Å². The van der Waals surface area contributed by atoms with E-state index in [4.69, 9.17) is 9.47 Å². The van der Waals surface area contributed by atoms with Crippen LogP contribution in [0.15, 0.2) is 71.7 Å². The van der Waals surface area contributed by atoms with Crippen LogP contribution in [0.5, 0.6) is 11.5 Å². The molecule has 3 rings (SSSR count). The molecule has 2 amide bonds. The molecule has 0 spiro atoms. The molecule has 29 heavy (non-hydrogen) atoms. The number of methoxy groups -OCH3 is 2. The van der Waals surface area contributed by atoms with Gasteiger partial charge in [-0.2, -0.15) is 0 Å². The minimum Gasteiger partial charge on any atom is -0.493 e. The molecule has 1 heterocycles. The summed E-state index contributed by atoms with van der Waals surface area (Å²) in [6.07, 6.45) is 1.64. The second-order valence-electron chi connectivity index (χ2n) is 5.92. The molecule has 6 nitrogen and oxygen atoms in total. The maximum Gasteiger partial charge on any atom is 0.272 e. The highest BCUT2D eigenvalue weighted by molar-refractivity contribution is 7.10. The summed E-state index contributed by atoms with van der Waals surface area (Å²) < 4.78 is 10.4. The van der Waals surface area contributed by atoms with Gasteiger partial charge in [0.25, 0.3) is 11.8 Å². The highest BCUT2D eigenvalue weighted by Gasteiger charge is 2.17. The number of anilines is 1. The molecule has 0 saturated carbocycles. The number of hydrogen-bond acceptors (Lipinski definition) is 5. The van der Waals surface area contributed by atoms with Gasteiger partial charge < -0.3 is 20.1 Å². The van der Waals surface area contributed by atoms with Gasteiger partial charge in [-0.1, -0.05) is 24.3 Å². The van der Waals surface area contributed by atoms with Gasteiger partial charge in [-0.3, -0.25) is 9.59 Å². The Balaban J connectivity index is 1.85. The molecule has 2 aromatic carbocycles. The van der Waals surface area contributed by atoms with Crippen molar-refractivity contribution < 1.29 is 19.1 Å². The van der Waals surface area contributed by atoms with E-state index in [1.165, 1.54) is 25.6 Å².